The molecular formula is C28H33N3O5S. The molecule has 3 fully saturated rings. The zero-order valence-corrected chi connectivity index (χ0v) is 21.7. The van der Waals surface area contributed by atoms with Crippen molar-refractivity contribution >= 4 is 35.2 Å². The lowest BCUT2D eigenvalue weighted by molar-refractivity contribution is -0.139. The van der Waals surface area contributed by atoms with Gasteiger partial charge in [0.15, 0.2) is 0 Å². The van der Waals surface area contributed by atoms with E-state index in [0.29, 0.717) is 31.7 Å². The summed E-state index contributed by atoms with van der Waals surface area (Å²) in [6, 6.07) is 16.2. The van der Waals surface area contributed by atoms with Crippen LogP contribution < -0.4 is 15.4 Å². The molecule has 2 aromatic carbocycles. The largest absolute Gasteiger partial charge is 0.494 e. The van der Waals surface area contributed by atoms with Crippen LogP contribution >= 0.6 is 11.8 Å². The van der Waals surface area contributed by atoms with Crippen LogP contribution in [0.15, 0.2) is 54.6 Å². The highest BCUT2D eigenvalue weighted by Crippen LogP contribution is 2.66. The van der Waals surface area contributed by atoms with E-state index in [2.05, 4.69) is 10.6 Å². The molecule has 3 aliphatic rings. The third-order valence-corrected chi connectivity index (χ3v) is 9.60. The summed E-state index contributed by atoms with van der Waals surface area (Å²) in [4.78, 5) is 42.6. The summed E-state index contributed by atoms with van der Waals surface area (Å²) in [7, 11) is 0. The number of aliphatic hydroxyl groups excluding tert-OH is 1. The van der Waals surface area contributed by atoms with Crippen molar-refractivity contribution in [2.75, 3.05) is 25.1 Å². The van der Waals surface area contributed by atoms with Gasteiger partial charge >= 0.3 is 0 Å². The van der Waals surface area contributed by atoms with Crippen LogP contribution in [0.2, 0.25) is 0 Å². The number of hydrogen-bond acceptors (Lipinski definition) is 6. The number of ether oxygens (including phenoxy) is 1. The maximum absolute atomic E-state index is 13.8. The molecule has 196 valence electrons. The number of thioether (sulfide) groups is 1. The van der Waals surface area contributed by atoms with Crippen LogP contribution in [0.5, 0.6) is 5.75 Å². The van der Waals surface area contributed by atoms with E-state index in [0.717, 1.165) is 17.7 Å². The molecule has 2 aromatic rings. The molecule has 1 spiro atoms. The molecule has 0 saturated carbocycles. The van der Waals surface area contributed by atoms with Gasteiger partial charge in [-0.3, -0.25) is 14.4 Å². The van der Waals surface area contributed by atoms with E-state index in [-0.39, 0.29) is 36.1 Å². The first-order chi connectivity index (χ1) is 18.0. The number of carbonyl (C=O) groups excluding carboxylic acids is 3. The van der Waals surface area contributed by atoms with Crippen LogP contribution in [0.4, 0.5) is 5.69 Å². The molecule has 5 atom stereocenters. The number of carbonyl (C=O) groups is 3. The Morgan fingerprint density at radius 1 is 1.14 bits per heavy atom. The second kappa shape index (κ2) is 10.8. The van der Waals surface area contributed by atoms with Crippen LogP contribution in [0.1, 0.15) is 31.7 Å². The highest BCUT2D eigenvalue weighted by Gasteiger charge is 2.73. The summed E-state index contributed by atoms with van der Waals surface area (Å²) < 4.78 is 4.84. The van der Waals surface area contributed by atoms with Crippen molar-refractivity contribution in [2.45, 2.75) is 48.8 Å². The van der Waals surface area contributed by atoms with Gasteiger partial charge < -0.3 is 25.4 Å². The van der Waals surface area contributed by atoms with Crippen LogP contribution in [0.3, 0.4) is 0 Å². The van der Waals surface area contributed by atoms with Crippen LogP contribution in [-0.4, -0.2) is 63.5 Å². The van der Waals surface area contributed by atoms with Crippen molar-refractivity contribution in [3.05, 3.63) is 60.2 Å². The summed E-state index contributed by atoms with van der Waals surface area (Å²) >= 11 is 1.64. The fraction of sp³-hybridized carbons (Fsp3) is 0.464. The number of anilines is 1. The molecule has 8 nitrogen and oxygen atoms in total. The minimum atomic E-state index is -0.668. The molecule has 0 radical (unpaired) electrons. The smallest absolute Gasteiger partial charge is 0.244 e. The molecule has 3 heterocycles. The molecule has 2 bridgehead atoms. The van der Waals surface area contributed by atoms with E-state index >= 15 is 0 Å². The number of aliphatic hydroxyl groups is 1. The SMILES string of the molecule is CCOc1ccc(NC(=O)[C@@H]2[C@@H]3CCC4(S3)C(C(=O)NCc3ccccc3)N(CCCO)C(=O)[C@H]24)cc1. The fourth-order valence-corrected chi connectivity index (χ4v) is 8.36. The minimum absolute atomic E-state index is 0.0129. The Hall–Kier alpha value is -3.04. The van der Waals surface area contributed by atoms with E-state index < -0.39 is 22.6 Å². The molecule has 0 aliphatic carbocycles. The van der Waals surface area contributed by atoms with Crippen molar-refractivity contribution in [1.29, 1.82) is 0 Å². The summed E-state index contributed by atoms with van der Waals surface area (Å²) in [5.74, 6) is -0.890. The lowest BCUT2D eigenvalue weighted by atomic mass is 9.70. The molecule has 5 rings (SSSR count). The first-order valence-corrected chi connectivity index (χ1v) is 13.8. The number of hydrogen-bond donors (Lipinski definition) is 3. The summed E-state index contributed by atoms with van der Waals surface area (Å²) in [5, 5.41) is 15.5. The van der Waals surface area contributed by atoms with Crippen molar-refractivity contribution < 1.29 is 24.2 Å². The molecule has 0 aromatic heterocycles. The summed E-state index contributed by atoms with van der Waals surface area (Å²) in [5.41, 5.74) is 1.63. The zero-order chi connectivity index (χ0) is 26.0. The van der Waals surface area contributed by atoms with Gasteiger partial charge in [-0.2, -0.15) is 0 Å². The Morgan fingerprint density at radius 2 is 1.89 bits per heavy atom. The lowest BCUT2D eigenvalue weighted by Crippen LogP contribution is -2.53. The molecule has 3 amide bonds. The first kappa shape index (κ1) is 25.6. The fourth-order valence-electron chi connectivity index (χ4n) is 6.14. The monoisotopic (exact) mass is 523 g/mol. The molecule has 3 saturated heterocycles. The number of rotatable bonds is 10. The van der Waals surface area contributed by atoms with Gasteiger partial charge in [0.2, 0.25) is 17.7 Å². The standard InChI is InChI=1S/C28H33N3O5S/c1-2-36-20-11-9-19(10-12-20)30-25(33)22-21-13-14-28(37-21)23(22)27(35)31(15-6-16-32)24(28)26(34)29-17-18-7-4-3-5-8-18/h3-5,7-12,21-24,32H,2,6,13-17H2,1H3,(H,29,34)(H,30,33)/t21-,22+,23-,24?,28?/m0/s1. The van der Waals surface area contributed by atoms with E-state index in [1.54, 1.807) is 40.9 Å². The van der Waals surface area contributed by atoms with Gasteiger partial charge in [0.25, 0.3) is 0 Å². The van der Waals surface area contributed by atoms with Gasteiger partial charge in [-0.25, -0.2) is 0 Å². The molecule has 2 unspecified atom stereocenters. The van der Waals surface area contributed by atoms with E-state index in [1.807, 2.05) is 37.3 Å². The Bertz CT molecular complexity index is 1140. The van der Waals surface area contributed by atoms with Gasteiger partial charge in [0, 0.05) is 30.6 Å². The van der Waals surface area contributed by atoms with Gasteiger partial charge in [-0.15, -0.1) is 11.8 Å². The number of nitrogens with zero attached hydrogens (tertiary/aromatic N) is 1. The Kier molecular flexibility index (Phi) is 7.44. The minimum Gasteiger partial charge on any atom is -0.494 e. The molecular weight excluding hydrogens is 490 g/mol. The van der Waals surface area contributed by atoms with Gasteiger partial charge in [0.05, 0.1) is 23.2 Å². The topological polar surface area (TPSA) is 108 Å². The van der Waals surface area contributed by atoms with E-state index in [1.165, 1.54) is 0 Å². The number of amides is 3. The summed E-state index contributed by atoms with van der Waals surface area (Å²) in [6.45, 7) is 3.06. The predicted molar refractivity (Wildman–Crippen MR) is 142 cm³/mol. The van der Waals surface area contributed by atoms with E-state index in [9.17, 15) is 19.5 Å². The van der Waals surface area contributed by atoms with Gasteiger partial charge in [0.1, 0.15) is 11.8 Å². The van der Waals surface area contributed by atoms with E-state index in [4.69, 9.17) is 4.74 Å². The number of benzene rings is 2. The highest BCUT2D eigenvalue weighted by molar-refractivity contribution is 8.02. The predicted octanol–water partition coefficient (Wildman–Crippen LogP) is 2.81. The van der Waals surface area contributed by atoms with Gasteiger partial charge in [-0.05, 0) is 56.0 Å². The number of fused-ring (bicyclic) bond motifs is 1. The normalized spacial score (nSPS) is 27.7. The first-order valence-electron chi connectivity index (χ1n) is 12.9. The second-order valence-electron chi connectivity index (χ2n) is 9.81. The number of nitrogens with one attached hydrogen (secondary N) is 2. The maximum atomic E-state index is 13.8. The van der Waals surface area contributed by atoms with Crippen molar-refractivity contribution in [1.82, 2.24) is 10.2 Å². The van der Waals surface area contributed by atoms with Crippen molar-refractivity contribution in [3.8, 4) is 5.75 Å². The maximum Gasteiger partial charge on any atom is 0.244 e. The van der Waals surface area contributed by atoms with Crippen LogP contribution in [0.25, 0.3) is 0 Å². The summed E-state index contributed by atoms with van der Waals surface area (Å²) in [6.07, 6.45) is 1.88. The number of likely N-dealkylation sites (tertiary alicyclic amines) is 1. The molecule has 9 heteroatoms. The average Bonchev–Trinajstić information content (AvgIpc) is 3.55. The zero-order valence-electron chi connectivity index (χ0n) is 20.9. The third kappa shape index (κ3) is 4.70. The lowest BCUT2D eigenvalue weighted by Gasteiger charge is -2.34. The van der Waals surface area contributed by atoms with Crippen molar-refractivity contribution in [2.24, 2.45) is 11.8 Å². The molecule has 3 aliphatic heterocycles. The van der Waals surface area contributed by atoms with Crippen LogP contribution in [-0.2, 0) is 20.9 Å². The third-order valence-electron chi connectivity index (χ3n) is 7.65. The second-order valence-corrected chi connectivity index (χ2v) is 11.4. The Balaban J connectivity index is 1.37. The van der Waals surface area contributed by atoms with Crippen molar-refractivity contribution in [3.63, 3.8) is 0 Å². The van der Waals surface area contributed by atoms with Gasteiger partial charge in [-0.1, -0.05) is 30.3 Å². The quantitative estimate of drug-likeness (QED) is 0.442. The average molecular weight is 524 g/mol. The van der Waals surface area contributed by atoms with Crippen LogP contribution in [0, 0.1) is 11.8 Å². The molecule has 37 heavy (non-hydrogen) atoms. The Morgan fingerprint density at radius 3 is 2.59 bits per heavy atom. The highest BCUT2D eigenvalue weighted by atomic mass is 32.2. The Labute approximate surface area is 221 Å². The molecule has 3 N–H and O–H groups in total.